The summed E-state index contributed by atoms with van der Waals surface area (Å²) in [7, 11) is 0. The summed E-state index contributed by atoms with van der Waals surface area (Å²) in [6.45, 7) is 3.20. The Hall–Kier alpha value is -0.570. The zero-order valence-corrected chi connectivity index (χ0v) is 7.66. The molecule has 1 aromatic rings. The lowest BCUT2D eigenvalue weighted by atomic mass is 10.2. The molecule has 0 saturated carbocycles. The van der Waals surface area contributed by atoms with Gasteiger partial charge in [-0.05, 0) is 6.42 Å². The minimum absolute atomic E-state index is 0.668. The van der Waals surface area contributed by atoms with Crippen LogP contribution in [0.2, 0.25) is 0 Å². The predicted molar refractivity (Wildman–Crippen MR) is 47.7 cm³/mol. The van der Waals surface area contributed by atoms with E-state index in [-0.39, 0.29) is 0 Å². The van der Waals surface area contributed by atoms with Crippen LogP contribution in [0, 0.1) is 5.41 Å². The van der Waals surface area contributed by atoms with Gasteiger partial charge >= 0.3 is 0 Å². The Morgan fingerprint density at radius 2 is 2.36 bits per heavy atom. The van der Waals surface area contributed by atoms with Gasteiger partial charge < -0.3 is 4.57 Å². The lowest BCUT2D eigenvalue weighted by Gasteiger charge is -1.99. The van der Waals surface area contributed by atoms with Gasteiger partial charge in [0, 0.05) is 18.1 Å². The Labute approximate surface area is 71.0 Å². The topological polar surface area (TPSA) is 28.8 Å². The van der Waals surface area contributed by atoms with Gasteiger partial charge in [-0.2, -0.15) is 0 Å². The predicted octanol–water partition coefficient (Wildman–Crippen LogP) is 2.22. The molecule has 1 rings (SSSR count). The van der Waals surface area contributed by atoms with Crippen LogP contribution in [0.1, 0.15) is 26.2 Å². The van der Waals surface area contributed by atoms with Crippen molar-refractivity contribution in [2.24, 2.45) is 0 Å². The quantitative estimate of drug-likeness (QED) is 0.671. The van der Waals surface area contributed by atoms with Gasteiger partial charge in [0.05, 0.1) is 0 Å². The number of hydrogen-bond acceptors (Lipinski definition) is 2. The van der Waals surface area contributed by atoms with E-state index in [1.54, 1.807) is 0 Å². The standard InChI is InChI=1S/C8H14N2S/c1-2-3-4-5-10-6-7-11-8(10)9/h6-7,9H,2-5H2,1H3. The van der Waals surface area contributed by atoms with E-state index in [1.165, 1.54) is 30.6 Å². The highest BCUT2D eigenvalue weighted by Gasteiger charge is 1.91. The van der Waals surface area contributed by atoms with Gasteiger partial charge in [0.1, 0.15) is 0 Å². The molecule has 0 bridgehead atoms. The van der Waals surface area contributed by atoms with Crippen LogP contribution in [0.3, 0.4) is 0 Å². The Morgan fingerprint density at radius 3 is 2.91 bits per heavy atom. The molecule has 0 fully saturated rings. The number of unbranched alkanes of at least 4 members (excludes halogenated alkanes) is 2. The second-order valence-electron chi connectivity index (χ2n) is 2.61. The van der Waals surface area contributed by atoms with Crippen LogP contribution in [-0.2, 0) is 6.54 Å². The zero-order valence-electron chi connectivity index (χ0n) is 6.84. The summed E-state index contributed by atoms with van der Waals surface area (Å²) >= 11 is 1.49. The van der Waals surface area contributed by atoms with Crippen molar-refractivity contribution in [2.75, 3.05) is 0 Å². The van der Waals surface area contributed by atoms with Gasteiger partial charge in [-0.15, -0.1) is 11.3 Å². The maximum Gasteiger partial charge on any atom is 0.181 e. The lowest BCUT2D eigenvalue weighted by Crippen LogP contribution is -2.11. The Balaban J connectivity index is 2.39. The molecule has 0 saturated heterocycles. The van der Waals surface area contributed by atoms with Crippen molar-refractivity contribution in [2.45, 2.75) is 32.7 Å². The number of aromatic nitrogens is 1. The van der Waals surface area contributed by atoms with Gasteiger partial charge in [0.15, 0.2) is 4.80 Å². The highest BCUT2D eigenvalue weighted by atomic mass is 32.1. The molecule has 62 valence electrons. The molecule has 11 heavy (non-hydrogen) atoms. The van der Waals surface area contributed by atoms with Crippen molar-refractivity contribution in [1.82, 2.24) is 4.57 Å². The van der Waals surface area contributed by atoms with Crippen molar-refractivity contribution in [3.05, 3.63) is 16.4 Å². The summed E-state index contributed by atoms with van der Waals surface area (Å²) in [5, 5.41) is 9.43. The third kappa shape index (κ3) is 2.50. The number of aryl methyl sites for hydroxylation is 1. The SMILES string of the molecule is CCCCCn1ccsc1=N. The fourth-order valence-corrected chi connectivity index (χ4v) is 1.64. The van der Waals surface area contributed by atoms with Crippen molar-refractivity contribution < 1.29 is 0 Å². The average Bonchev–Trinajstić information content (AvgIpc) is 2.37. The minimum atomic E-state index is 0.668. The number of thiazole rings is 1. The maximum absolute atomic E-state index is 7.47. The molecule has 0 aromatic carbocycles. The fraction of sp³-hybridized carbons (Fsp3) is 0.625. The second kappa shape index (κ2) is 4.34. The van der Waals surface area contributed by atoms with Gasteiger partial charge in [-0.1, -0.05) is 19.8 Å². The third-order valence-corrected chi connectivity index (χ3v) is 2.40. The van der Waals surface area contributed by atoms with Crippen molar-refractivity contribution in [1.29, 1.82) is 5.41 Å². The number of rotatable bonds is 4. The molecule has 2 nitrogen and oxygen atoms in total. The molecular formula is C8H14N2S. The van der Waals surface area contributed by atoms with Crippen LogP contribution in [0.25, 0.3) is 0 Å². The summed E-state index contributed by atoms with van der Waals surface area (Å²) in [5.41, 5.74) is 0. The largest absolute Gasteiger partial charge is 0.324 e. The van der Waals surface area contributed by atoms with Crippen LogP contribution in [-0.4, -0.2) is 4.57 Å². The molecule has 0 aliphatic rings. The first-order valence-corrected chi connectivity index (χ1v) is 4.91. The zero-order chi connectivity index (χ0) is 8.10. The molecule has 0 atom stereocenters. The summed E-state index contributed by atoms with van der Waals surface area (Å²) in [6.07, 6.45) is 5.70. The molecule has 0 amide bonds. The molecular weight excluding hydrogens is 156 g/mol. The molecule has 0 aliphatic carbocycles. The van der Waals surface area contributed by atoms with Crippen LogP contribution in [0.15, 0.2) is 11.6 Å². The second-order valence-corrected chi connectivity index (χ2v) is 3.50. The molecule has 0 spiro atoms. The summed E-state index contributed by atoms with van der Waals surface area (Å²) in [5.74, 6) is 0. The van der Waals surface area contributed by atoms with E-state index >= 15 is 0 Å². The number of nitrogens with zero attached hydrogens (tertiary/aromatic N) is 1. The Kier molecular flexibility index (Phi) is 3.36. The van der Waals surface area contributed by atoms with E-state index in [4.69, 9.17) is 5.41 Å². The maximum atomic E-state index is 7.47. The molecule has 1 heterocycles. The molecule has 0 unspecified atom stereocenters. The van der Waals surface area contributed by atoms with E-state index in [0.717, 1.165) is 6.54 Å². The summed E-state index contributed by atoms with van der Waals surface area (Å²) < 4.78 is 2.00. The van der Waals surface area contributed by atoms with Gasteiger partial charge in [-0.3, -0.25) is 5.41 Å². The smallest absolute Gasteiger partial charge is 0.181 e. The van der Waals surface area contributed by atoms with E-state index in [0.29, 0.717) is 4.80 Å². The molecule has 1 aromatic heterocycles. The van der Waals surface area contributed by atoms with Crippen LogP contribution in [0.5, 0.6) is 0 Å². The summed E-state index contributed by atoms with van der Waals surface area (Å²) in [4.78, 5) is 0.668. The molecule has 0 aliphatic heterocycles. The van der Waals surface area contributed by atoms with E-state index in [1.807, 2.05) is 16.1 Å². The van der Waals surface area contributed by atoms with Gasteiger partial charge in [-0.25, -0.2) is 0 Å². The van der Waals surface area contributed by atoms with Crippen molar-refractivity contribution >= 4 is 11.3 Å². The third-order valence-electron chi connectivity index (χ3n) is 1.68. The first-order chi connectivity index (χ1) is 5.34. The number of nitrogens with one attached hydrogen (secondary N) is 1. The minimum Gasteiger partial charge on any atom is -0.324 e. The summed E-state index contributed by atoms with van der Waals surface area (Å²) in [6, 6.07) is 0. The van der Waals surface area contributed by atoms with Crippen LogP contribution < -0.4 is 4.80 Å². The molecule has 1 N–H and O–H groups in total. The molecule has 3 heteroatoms. The van der Waals surface area contributed by atoms with E-state index < -0.39 is 0 Å². The monoisotopic (exact) mass is 170 g/mol. The van der Waals surface area contributed by atoms with Gasteiger partial charge in [0.2, 0.25) is 0 Å². The highest BCUT2D eigenvalue weighted by Crippen LogP contribution is 1.97. The Morgan fingerprint density at radius 1 is 1.55 bits per heavy atom. The van der Waals surface area contributed by atoms with Crippen molar-refractivity contribution in [3.63, 3.8) is 0 Å². The average molecular weight is 170 g/mol. The Bertz CT molecular complexity index is 249. The lowest BCUT2D eigenvalue weighted by molar-refractivity contribution is 0.588. The normalized spacial score (nSPS) is 10.3. The fourth-order valence-electron chi connectivity index (χ4n) is 1.01. The van der Waals surface area contributed by atoms with Crippen molar-refractivity contribution in [3.8, 4) is 0 Å². The highest BCUT2D eigenvalue weighted by molar-refractivity contribution is 7.06. The van der Waals surface area contributed by atoms with Crippen LogP contribution >= 0.6 is 11.3 Å². The first kappa shape index (κ1) is 8.53. The first-order valence-electron chi connectivity index (χ1n) is 4.03. The molecule has 0 radical (unpaired) electrons. The number of hydrogen-bond donors (Lipinski definition) is 1. The van der Waals surface area contributed by atoms with E-state index in [9.17, 15) is 0 Å². The van der Waals surface area contributed by atoms with Gasteiger partial charge in [0.25, 0.3) is 0 Å². The van der Waals surface area contributed by atoms with Crippen LogP contribution in [0.4, 0.5) is 0 Å². The van der Waals surface area contributed by atoms with E-state index in [2.05, 4.69) is 6.92 Å².